The Morgan fingerprint density at radius 3 is 2.60 bits per heavy atom. The molecule has 1 aliphatic heterocycles. The number of carbonyl (C=O) groups excluding carboxylic acids is 4. The number of esters is 1. The van der Waals surface area contributed by atoms with Crippen molar-refractivity contribution in [1.29, 1.82) is 0 Å². The molecule has 0 bridgehead atoms. The fraction of sp³-hybridized carbons (Fsp3) is 0.238. The van der Waals surface area contributed by atoms with Gasteiger partial charge in [-0.3, -0.25) is 14.9 Å². The van der Waals surface area contributed by atoms with Crippen LogP contribution >= 0.6 is 0 Å². The third kappa shape index (κ3) is 5.34. The van der Waals surface area contributed by atoms with Crippen molar-refractivity contribution < 1.29 is 28.7 Å². The molecule has 2 aromatic carbocycles. The Bertz CT molecular complexity index is 960. The lowest BCUT2D eigenvalue weighted by atomic mass is 10.0. The highest BCUT2D eigenvalue weighted by Gasteiger charge is 2.26. The summed E-state index contributed by atoms with van der Waals surface area (Å²) in [5.41, 5.74) is 2.04. The van der Waals surface area contributed by atoms with Crippen LogP contribution < -0.4 is 20.7 Å². The van der Waals surface area contributed by atoms with Crippen LogP contribution in [0.5, 0.6) is 5.75 Å². The number of urea groups is 1. The molecule has 0 saturated carbocycles. The lowest BCUT2D eigenvalue weighted by Gasteiger charge is -2.19. The molecule has 2 aromatic rings. The van der Waals surface area contributed by atoms with Crippen LogP contribution in [0.1, 0.15) is 23.7 Å². The second kappa shape index (κ2) is 9.55. The minimum Gasteiger partial charge on any atom is -0.482 e. The zero-order valence-corrected chi connectivity index (χ0v) is 16.3. The summed E-state index contributed by atoms with van der Waals surface area (Å²) in [5.74, 6) is -1.16. The van der Waals surface area contributed by atoms with Crippen LogP contribution in [-0.2, 0) is 25.5 Å². The molecule has 9 nitrogen and oxygen atoms in total. The van der Waals surface area contributed by atoms with Gasteiger partial charge in [0, 0.05) is 24.7 Å². The van der Waals surface area contributed by atoms with E-state index in [0.717, 1.165) is 11.3 Å². The predicted molar refractivity (Wildman–Crippen MR) is 107 cm³/mol. The van der Waals surface area contributed by atoms with Gasteiger partial charge in [-0.15, -0.1) is 0 Å². The van der Waals surface area contributed by atoms with E-state index >= 15 is 0 Å². The molecule has 0 fully saturated rings. The van der Waals surface area contributed by atoms with Gasteiger partial charge < -0.3 is 20.1 Å². The number of rotatable bonds is 6. The van der Waals surface area contributed by atoms with Gasteiger partial charge in [0.05, 0.1) is 0 Å². The average molecular weight is 411 g/mol. The van der Waals surface area contributed by atoms with E-state index in [1.54, 1.807) is 48.5 Å². The van der Waals surface area contributed by atoms with Gasteiger partial charge in [-0.2, -0.15) is 0 Å². The Balaban J connectivity index is 1.64. The Kier molecular flexibility index (Phi) is 6.63. The summed E-state index contributed by atoms with van der Waals surface area (Å²) in [6.07, 6.45) is -0.339. The number of ether oxygens (including phenoxy) is 2. The molecule has 1 atom stereocenters. The molecule has 0 aliphatic carbocycles. The average Bonchev–Trinajstić information content (AvgIpc) is 2.76. The quantitative estimate of drug-likeness (QED) is 0.622. The number of carbonyl (C=O) groups is 4. The highest BCUT2D eigenvalue weighted by molar-refractivity contribution is 5.97. The van der Waals surface area contributed by atoms with Crippen LogP contribution in [0.25, 0.3) is 0 Å². The normalized spacial score (nSPS) is 13.3. The summed E-state index contributed by atoms with van der Waals surface area (Å²) >= 11 is 0. The van der Waals surface area contributed by atoms with Crippen molar-refractivity contribution in [3.8, 4) is 5.75 Å². The van der Waals surface area contributed by atoms with Gasteiger partial charge >= 0.3 is 12.0 Å². The van der Waals surface area contributed by atoms with E-state index in [4.69, 9.17) is 9.47 Å². The van der Waals surface area contributed by atoms with Gasteiger partial charge in [0.15, 0.2) is 6.61 Å². The van der Waals surface area contributed by atoms with Gasteiger partial charge in [0.25, 0.3) is 5.91 Å². The Hall–Kier alpha value is -3.88. The molecule has 4 amide bonds. The Labute approximate surface area is 172 Å². The smallest absolute Gasteiger partial charge is 0.345 e. The summed E-state index contributed by atoms with van der Waals surface area (Å²) in [5, 5.41) is 7.14. The number of amides is 4. The second-order valence-electron chi connectivity index (χ2n) is 6.50. The van der Waals surface area contributed by atoms with Crippen molar-refractivity contribution in [2.45, 2.75) is 18.9 Å². The van der Waals surface area contributed by atoms with Gasteiger partial charge in [0.1, 0.15) is 5.75 Å². The van der Waals surface area contributed by atoms with Crippen LogP contribution in [-0.4, -0.2) is 37.5 Å². The fourth-order valence-electron chi connectivity index (χ4n) is 2.90. The zero-order chi connectivity index (χ0) is 21.5. The molecule has 0 radical (unpaired) electrons. The van der Waals surface area contributed by atoms with E-state index in [1.807, 2.05) is 0 Å². The van der Waals surface area contributed by atoms with Crippen LogP contribution in [0, 0.1) is 0 Å². The maximum atomic E-state index is 12.4. The molecule has 0 spiro atoms. The molecule has 1 heterocycles. The van der Waals surface area contributed by atoms with E-state index < -0.39 is 30.6 Å². The van der Waals surface area contributed by atoms with E-state index in [0.29, 0.717) is 24.2 Å². The van der Waals surface area contributed by atoms with E-state index in [9.17, 15) is 19.2 Å². The number of benzene rings is 2. The van der Waals surface area contributed by atoms with Gasteiger partial charge in [-0.1, -0.05) is 30.3 Å². The topological polar surface area (TPSA) is 123 Å². The van der Waals surface area contributed by atoms with E-state index in [2.05, 4.69) is 16.0 Å². The number of nitrogens with one attached hydrogen (secondary N) is 3. The minimum atomic E-state index is -1.31. The molecule has 1 aliphatic rings. The lowest BCUT2D eigenvalue weighted by molar-refractivity contribution is -0.158. The molecule has 0 saturated heterocycles. The first-order chi connectivity index (χ1) is 14.5. The van der Waals surface area contributed by atoms with Crippen molar-refractivity contribution >= 4 is 29.5 Å². The lowest BCUT2D eigenvalue weighted by Crippen LogP contribution is -2.41. The number of hydrogen-bond donors (Lipinski definition) is 3. The SMILES string of the molecule is CNC(=O)NC(=O)C(OC(=O)COc1ccc2c(c1)CCC(=O)N2)c1ccccc1. The fourth-order valence-corrected chi connectivity index (χ4v) is 2.90. The van der Waals surface area contributed by atoms with Crippen LogP contribution in [0.4, 0.5) is 10.5 Å². The van der Waals surface area contributed by atoms with Gasteiger partial charge in [-0.25, -0.2) is 9.59 Å². The molecule has 3 N–H and O–H groups in total. The van der Waals surface area contributed by atoms with Crippen LogP contribution in [0.3, 0.4) is 0 Å². The third-order valence-corrected chi connectivity index (χ3v) is 4.38. The highest BCUT2D eigenvalue weighted by Crippen LogP contribution is 2.27. The number of hydrogen-bond acceptors (Lipinski definition) is 6. The maximum Gasteiger partial charge on any atom is 0.345 e. The van der Waals surface area contributed by atoms with Crippen LogP contribution in [0.15, 0.2) is 48.5 Å². The molecule has 156 valence electrons. The van der Waals surface area contributed by atoms with Crippen molar-refractivity contribution in [2.24, 2.45) is 0 Å². The first kappa shape index (κ1) is 20.8. The van der Waals surface area contributed by atoms with Crippen molar-refractivity contribution in [2.75, 3.05) is 19.0 Å². The minimum absolute atomic E-state index is 0.0401. The standard InChI is InChI=1S/C21H21N3O6/c1-22-21(28)24-20(27)19(13-5-3-2-4-6-13)30-18(26)12-29-15-8-9-16-14(11-15)7-10-17(25)23-16/h2-6,8-9,11,19H,7,10,12H2,1H3,(H,23,25)(H2,22,24,27,28). The van der Waals surface area contributed by atoms with Crippen molar-refractivity contribution in [3.05, 3.63) is 59.7 Å². The number of fused-ring (bicyclic) bond motifs is 1. The largest absolute Gasteiger partial charge is 0.482 e. The number of aryl methyl sites for hydroxylation is 1. The predicted octanol–water partition coefficient (Wildman–Crippen LogP) is 1.69. The van der Waals surface area contributed by atoms with Gasteiger partial charge in [-0.05, 0) is 30.2 Å². The summed E-state index contributed by atoms with van der Waals surface area (Å²) in [4.78, 5) is 47.6. The summed E-state index contributed by atoms with van der Waals surface area (Å²) in [7, 11) is 1.37. The third-order valence-electron chi connectivity index (χ3n) is 4.38. The molecule has 0 aromatic heterocycles. The van der Waals surface area contributed by atoms with E-state index in [-0.39, 0.29) is 5.91 Å². The number of imide groups is 1. The molecular weight excluding hydrogens is 390 g/mol. The van der Waals surface area contributed by atoms with Crippen molar-refractivity contribution in [1.82, 2.24) is 10.6 Å². The first-order valence-corrected chi connectivity index (χ1v) is 9.29. The molecular formula is C21H21N3O6. The molecule has 1 unspecified atom stereocenters. The summed E-state index contributed by atoms with van der Waals surface area (Å²) < 4.78 is 10.8. The van der Waals surface area contributed by atoms with Crippen LogP contribution in [0.2, 0.25) is 0 Å². The second-order valence-corrected chi connectivity index (χ2v) is 6.50. The Morgan fingerprint density at radius 1 is 1.10 bits per heavy atom. The number of anilines is 1. The maximum absolute atomic E-state index is 12.4. The summed E-state index contributed by atoms with van der Waals surface area (Å²) in [6, 6.07) is 12.7. The Morgan fingerprint density at radius 2 is 1.87 bits per heavy atom. The molecule has 30 heavy (non-hydrogen) atoms. The van der Waals surface area contributed by atoms with Crippen molar-refractivity contribution in [3.63, 3.8) is 0 Å². The zero-order valence-electron chi connectivity index (χ0n) is 16.3. The van der Waals surface area contributed by atoms with E-state index in [1.165, 1.54) is 7.05 Å². The molecule has 3 rings (SSSR count). The highest BCUT2D eigenvalue weighted by atomic mass is 16.6. The summed E-state index contributed by atoms with van der Waals surface area (Å²) in [6.45, 7) is -0.429. The monoisotopic (exact) mass is 411 g/mol. The molecule has 9 heteroatoms. The first-order valence-electron chi connectivity index (χ1n) is 9.29. The van der Waals surface area contributed by atoms with Gasteiger partial charge in [0.2, 0.25) is 12.0 Å².